The molecule has 0 radical (unpaired) electrons. The number of rotatable bonds is 2. The summed E-state index contributed by atoms with van der Waals surface area (Å²) < 4.78 is 20.4. The molecule has 1 N–H and O–H groups in total. The third-order valence-electron chi connectivity index (χ3n) is 5.40. The lowest BCUT2D eigenvalue weighted by Crippen LogP contribution is -2.49. The van der Waals surface area contributed by atoms with Gasteiger partial charge in [-0.2, -0.15) is 5.26 Å². The van der Waals surface area contributed by atoms with Crippen LogP contribution in [-0.2, 0) is 11.2 Å². The van der Waals surface area contributed by atoms with Crippen molar-refractivity contribution >= 4 is 17.4 Å². The zero-order chi connectivity index (χ0) is 20.6. The van der Waals surface area contributed by atoms with E-state index in [0.717, 1.165) is 29.5 Å². The van der Waals surface area contributed by atoms with Gasteiger partial charge in [0, 0.05) is 24.7 Å². The van der Waals surface area contributed by atoms with Crippen molar-refractivity contribution in [1.29, 1.82) is 5.26 Å². The number of alkyl carbamates (subject to hydrolysis) is 1. The first-order valence-corrected chi connectivity index (χ1v) is 9.77. The van der Waals surface area contributed by atoms with Gasteiger partial charge in [-0.1, -0.05) is 5.57 Å². The van der Waals surface area contributed by atoms with Gasteiger partial charge in [-0.05, 0) is 71.1 Å². The summed E-state index contributed by atoms with van der Waals surface area (Å²) in [5, 5.41) is 12.3. The quantitative estimate of drug-likeness (QED) is 0.812. The molecule has 0 saturated carbocycles. The molecule has 1 amide bonds. The van der Waals surface area contributed by atoms with Gasteiger partial charge >= 0.3 is 6.09 Å². The molecule has 0 unspecified atom stereocenters. The van der Waals surface area contributed by atoms with Gasteiger partial charge in [0.2, 0.25) is 0 Å². The van der Waals surface area contributed by atoms with Crippen LogP contribution in [0.1, 0.15) is 64.2 Å². The fourth-order valence-electron chi connectivity index (χ4n) is 4.06. The summed E-state index contributed by atoms with van der Waals surface area (Å²) in [4.78, 5) is 14.1. The summed E-state index contributed by atoms with van der Waals surface area (Å²) in [5.74, 6) is -0.373. The van der Waals surface area contributed by atoms with Crippen LogP contribution in [0, 0.1) is 17.1 Å². The summed E-state index contributed by atoms with van der Waals surface area (Å²) in [6, 6.07) is 3.38. The molecule has 0 aromatic heterocycles. The van der Waals surface area contributed by atoms with Gasteiger partial charge < -0.3 is 15.0 Å². The second kappa shape index (κ2) is 7.46. The lowest BCUT2D eigenvalue weighted by atomic mass is 9.96. The molecule has 2 aliphatic rings. The molecule has 0 spiro atoms. The number of anilines is 1. The number of carbonyl (C=O) groups excluding carboxylic acids is 1. The number of carbonyl (C=O) groups is 1. The highest BCUT2D eigenvalue weighted by atomic mass is 19.1. The van der Waals surface area contributed by atoms with E-state index < -0.39 is 11.7 Å². The SMILES string of the molecule is CC1=C(C)c2c(c(C#N)cc(F)c2N2CCC[C@H](NC(=O)OC(C)(C)C)C2)C1. The highest BCUT2D eigenvalue weighted by Crippen LogP contribution is 2.42. The zero-order valence-electron chi connectivity index (χ0n) is 17.3. The van der Waals surface area contributed by atoms with Gasteiger partial charge in [-0.25, -0.2) is 9.18 Å². The first-order chi connectivity index (χ1) is 13.1. The van der Waals surface area contributed by atoms with Crippen molar-refractivity contribution in [2.45, 2.75) is 65.5 Å². The van der Waals surface area contributed by atoms with Gasteiger partial charge in [0.25, 0.3) is 0 Å². The van der Waals surface area contributed by atoms with Gasteiger partial charge in [0.15, 0.2) is 0 Å². The molecular formula is C22H28FN3O2. The molecule has 1 atom stereocenters. The fraction of sp³-hybridized carbons (Fsp3) is 0.545. The van der Waals surface area contributed by atoms with Crippen molar-refractivity contribution in [3.05, 3.63) is 34.1 Å². The number of nitriles is 1. The van der Waals surface area contributed by atoms with Crippen LogP contribution in [0.4, 0.5) is 14.9 Å². The topological polar surface area (TPSA) is 65.4 Å². The molecule has 1 aliphatic heterocycles. The smallest absolute Gasteiger partial charge is 0.407 e. The summed E-state index contributed by atoms with van der Waals surface area (Å²) in [6.45, 7) is 10.7. The number of amides is 1. The Hall–Kier alpha value is -2.55. The number of allylic oxidation sites excluding steroid dienone is 2. The van der Waals surface area contributed by atoms with E-state index in [0.29, 0.717) is 30.8 Å². The standard InChI is InChI=1S/C22H28FN3O2/c1-13-9-17-15(11-24)10-18(23)20(19(17)14(13)2)26-8-6-7-16(12-26)25-21(27)28-22(3,4)5/h10,16H,6-9,12H2,1-5H3,(H,25,27)/t16-/m0/s1. The maximum atomic E-state index is 15.1. The average Bonchev–Trinajstić information content (AvgIpc) is 2.88. The molecule has 6 heteroatoms. The summed E-state index contributed by atoms with van der Waals surface area (Å²) in [6.07, 6.45) is 1.90. The van der Waals surface area contributed by atoms with Crippen molar-refractivity contribution in [3.8, 4) is 6.07 Å². The van der Waals surface area contributed by atoms with E-state index in [9.17, 15) is 10.1 Å². The van der Waals surface area contributed by atoms with Gasteiger partial charge in [0.1, 0.15) is 11.4 Å². The van der Waals surface area contributed by atoms with Gasteiger partial charge in [-0.15, -0.1) is 0 Å². The minimum absolute atomic E-state index is 0.110. The Morgan fingerprint density at radius 1 is 1.39 bits per heavy atom. The normalized spacial score (nSPS) is 19.3. The molecule has 1 aromatic carbocycles. The largest absolute Gasteiger partial charge is 0.444 e. The van der Waals surface area contributed by atoms with Crippen LogP contribution in [0.5, 0.6) is 0 Å². The van der Waals surface area contributed by atoms with Crippen molar-refractivity contribution in [2.24, 2.45) is 0 Å². The molecule has 1 fully saturated rings. The van der Waals surface area contributed by atoms with E-state index in [1.54, 1.807) is 0 Å². The maximum absolute atomic E-state index is 15.1. The molecule has 1 heterocycles. The molecule has 1 aliphatic carbocycles. The third-order valence-corrected chi connectivity index (χ3v) is 5.40. The zero-order valence-corrected chi connectivity index (χ0v) is 17.3. The Kier molecular flexibility index (Phi) is 5.38. The Morgan fingerprint density at radius 2 is 2.11 bits per heavy atom. The molecule has 150 valence electrons. The van der Waals surface area contributed by atoms with E-state index in [4.69, 9.17) is 4.74 Å². The molecule has 3 rings (SSSR count). The lowest BCUT2D eigenvalue weighted by molar-refractivity contribution is 0.0500. The van der Waals surface area contributed by atoms with Crippen LogP contribution in [0.25, 0.3) is 5.57 Å². The Balaban J connectivity index is 1.87. The average molecular weight is 385 g/mol. The summed E-state index contributed by atoms with van der Waals surface area (Å²) in [7, 11) is 0. The number of hydrogen-bond donors (Lipinski definition) is 1. The minimum atomic E-state index is -0.558. The maximum Gasteiger partial charge on any atom is 0.407 e. The molecular weight excluding hydrogens is 357 g/mol. The van der Waals surface area contributed by atoms with E-state index in [-0.39, 0.29) is 11.9 Å². The Labute approximate surface area is 166 Å². The number of fused-ring (bicyclic) bond motifs is 1. The van der Waals surface area contributed by atoms with E-state index >= 15 is 4.39 Å². The highest BCUT2D eigenvalue weighted by Gasteiger charge is 2.31. The Bertz CT molecular complexity index is 877. The number of nitrogens with one attached hydrogen (secondary N) is 1. The number of benzene rings is 1. The van der Waals surface area contributed by atoms with E-state index in [1.807, 2.05) is 39.5 Å². The number of nitrogens with zero attached hydrogens (tertiary/aromatic N) is 2. The molecule has 1 saturated heterocycles. The second-order valence-electron chi connectivity index (χ2n) is 8.73. The molecule has 28 heavy (non-hydrogen) atoms. The van der Waals surface area contributed by atoms with Crippen LogP contribution in [0.3, 0.4) is 0 Å². The Morgan fingerprint density at radius 3 is 2.75 bits per heavy atom. The summed E-state index contributed by atoms with van der Waals surface area (Å²) >= 11 is 0. The van der Waals surface area contributed by atoms with Crippen LogP contribution in [0.2, 0.25) is 0 Å². The fourth-order valence-corrected chi connectivity index (χ4v) is 4.06. The number of ether oxygens (including phenoxy) is 1. The first kappa shape index (κ1) is 20.2. The minimum Gasteiger partial charge on any atom is -0.444 e. The third kappa shape index (κ3) is 3.99. The number of piperidine rings is 1. The number of hydrogen-bond acceptors (Lipinski definition) is 4. The molecule has 0 bridgehead atoms. The van der Waals surface area contributed by atoms with Crippen molar-refractivity contribution < 1.29 is 13.9 Å². The van der Waals surface area contributed by atoms with Gasteiger partial charge in [0.05, 0.1) is 17.3 Å². The predicted octanol–water partition coefficient (Wildman–Crippen LogP) is 4.54. The lowest BCUT2D eigenvalue weighted by Gasteiger charge is -2.36. The molecule has 5 nitrogen and oxygen atoms in total. The highest BCUT2D eigenvalue weighted by molar-refractivity contribution is 5.86. The van der Waals surface area contributed by atoms with Crippen LogP contribution < -0.4 is 10.2 Å². The van der Waals surface area contributed by atoms with Crippen molar-refractivity contribution in [1.82, 2.24) is 5.32 Å². The van der Waals surface area contributed by atoms with E-state index in [2.05, 4.69) is 11.4 Å². The van der Waals surface area contributed by atoms with Gasteiger partial charge in [-0.3, -0.25) is 0 Å². The van der Waals surface area contributed by atoms with Crippen LogP contribution in [0.15, 0.2) is 11.6 Å². The second-order valence-corrected chi connectivity index (χ2v) is 8.73. The first-order valence-electron chi connectivity index (χ1n) is 9.77. The van der Waals surface area contributed by atoms with Crippen molar-refractivity contribution in [3.63, 3.8) is 0 Å². The predicted molar refractivity (Wildman–Crippen MR) is 108 cm³/mol. The number of halogens is 1. The van der Waals surface area contributed by atoms with Crippen molar-refractivity contribution in [2.75, 3.05) is 18.0 Å². The summed E-state index contributed by atoms with van der Waals surface area (Å²) in [5.41, 5.74) is 4.38. The van der Waals surface area contributed by atoms with Crippen LogP contribution >= 0.6 is 0 Å². The molecule has 1 aromatic rings. The van der Waals surface area contributed by atoms with E-state index in [1.165, 1.54) is 11.6 Å². The van der Waals surface area contributed by atoms with Crippen LogP contribution in [-0.4, -0.2) is 30.8 Å². The monoisotopic (exact) mass is 385 g/mol.